The molecule has 0 saturated carbocycles. The Morgan fingerprint density at radius 1 is 1.17 bits per heavy atom. The first-order valence-electron chi connectivity index (χ1n) is 9.53. The Kier molecular flexibility index (Phi) is 8.68. The van der Waals surface area contributed by atoms with Crippen molar-refractivity contribution in [1.29, 1.82) is 0 Å². The molecule has 1 unspecified atom stereocenters. The van der Waals surface area contributed by atoms with E-state index in [1.807, 2.05) is 45.0 Å². The topological polar surface area (TPSA) is 79.8 Å². The maximum absolute atomic E-state index is 12.5. The second-order valence-electron chi connectivity index (χ2n) is 6.83. The average molecular weight is 416 g/mol. The number of ether oxygens (including phenoxy) is 1. The first-order valence-corrected chi connectivity index (χ1v) is 9.91. The summed E-state index contributed by atoms with van der Waals surface area (Å²) in [5.74, 6) is -0.208. The van der Waals surface area contributed by atoms with Gasteiger partial charge in [-0.3, -0.25) is 9.59 Å². The molecule has 0 fully saturated rings. The van der Waals surface area contributed by atoms with Gasteiger partial charge in [-0.2, -0.15) is 5.10 Å². The number of halogens is 1. The van der Waals surface area contributed by atoms with Gasteiger partial charge in [-0.25, -0.2) is 5.43 Å². The Labute approximate surface area is 176 Å². The zero-order valence-electron chi connectivity index (χ0n) is 16.8. The van der Waals surface area contributed by atoms with E-state index in [2.05, 4.69) is 15.8 Å². The summed E-state index contributed by atoms with van der Waals surface area (Å²) >= 11 is 6.06. The Bertz CT molecular complexity index is 868. The molecule has 2 aromatic rings. The number of benzene rings is 2. The average Bonchev–Trinajstić information content (AvgIpc) is 2.70. The van der Waals surface area contributed by atoms with Crippen LogP contribution < -0.4 is 15.5 Å². The number of carbonyl (C=O) groups excluding carboxylic acids is 2. The quantitative estimate of drug-likeness (QED) is 0.479. The van der Waals surface area contributed by atoms with Crippen molar-refractivity contribution in [3.05, 3.63) is 64.7 Å². The number of nitrogens with one attached hydrogen (secondary N) is 2. The number of hydrogen-bond donors (Lipinski definition) is 2. The van der Waals surface area contributed by atoms with Gasteiger partial charge in [-0.15, -0.1) is 0 Å². The predicted molar refractivity (Wildman–Crippen MR) is 116 cm³/mol. The van der Waals surface area contributed by atoms with E-state index in [1.54, 1.807) is 24.3 Å². The van der Waals surface area contributed by atoms with Crippen LogP contribution in [-0.2, 0) is 4.79 Å². The van der Waals surface area contributed by atoms with Gasteiger partial charge in [0.1, 0.15) is 11.8 Å². The molecule has 7 heteroatoms. The highest BCUT2D eigenvalue weighted by Crippen LogP contribution is 2.15. The van der Waals surface area contributed by atoms with Crippen molar-refractivity contribution in [3.8, 4) is 5.75 Å². The lowest BCUT2D eigenvalue weighted by atomic mass is 10.0. The van der Waals surface area contributed by atoms with E-state index in [9.17, 15) is 9.59 Å². The van der Waals surface area contributed by atoms with Gasteiger partial charge in [-0.05, 0) is 42.2 Å². The summed E-state index contributed by atoms with van der Waals surface area (Å²) in [5, 5.41) is 7.06. The van der Waals surface area contributed by atoms with Gasteiger partial charge in [0.25, 0.3) is 11.8 Å². The Hall–Kier alpha value is -2.86. The Balaban J connectivity index is 2.00. The highest BCUT2D eigenvalue weighted by Gasteiger charge is 2.25. The van der Waals surface area contributed by atoms with Gasteiger partial charge in [-0.1, -0.05) is 56.6 Å². The molecule has 0 heterocycles. The third-order valence-corrected chi connectivity index (χ3v) is 4.40. The summed E-state index contributed by atoms with van der Waals surface area (Å²) in [5.41, 5.74) is 3.60. The van der Waals surface area contributed by atoms with Gasteiger partial charge in [0.05, 0.1) is 23.4 Å². The minimum Gasteiger partial charge on any atom is -0.494 e. The van der Waals surface area contributed by atoms with Crippen LogP contribution in [0.4, 0.5) is 0 Å². The van der Waals surface area contributed by atoms with Gasteiger partial charge in [0.15, 0.2) is 0 Å². The molecule has 0 aliphatic rings. The molecule has 0 aliphatic heterocycles. The summed E-state index contributed by atoms with van der Waals surface area (Å²) in [4.78, 5) is 25.0. The van der Waals surface area contributed by atoms with Crippen molar-refractivity contribution in [3.63, 3.8) is 0 Å². The minimum atomic E-state index is -0.754. The highest BCUT2D eigenvalue weighted by molar-refractivity contribution is 6.33. The van der Waals surface area contributed by atoms with Crippen molar-refractivity contribution in [2.45, 2.75) is 33.2 Å². The number of carbonyl (C=O) groups is 2. The van der Waals surface area contributed by atoms with Crippen molar-refractivity contribution in [2.75, 3.05) is 6.61 Å². The Morgan fingerprint density at radius 3 is 2.62 bits per heavy atom. The molecular weight excluding hydrogens is 390 g/mol. The van der Waals surface area contributed by atoms with Crippen LogP contribution in [0.2, 0.25) is 5.02 Å². The summed E-state index contributed by atoms with van der Waals surface area (Å²) in [6.45, 7) is 6.36. The predicted octanol–water partition coefficient (Wildman–Crippen LogP) is 4.03. The van der Waals surface area contributed by atoms with Crippen molar-refractivity contribution < 1.29 is 14.3 Å². The standard InChI is InChI=1S/C22H26ClN3O3/c1-4-12-29-17-9-7-8-16(13-17)14-24-26-22(28)20(15(2)3)25-21(27)18-10-5-6-11-19(18)23/h5-11,13-15,20H,4,12H2,1-3H3,(H,25,27)(H,26,28). The molecule has 1 atom stereocenters. The molecule has 0 aliphatic carbocycles. The molecule has 2 rings (SSSR count). The summed E-state index contributed by atoms with van der Waals surface area (Å²) in [6, 6.07) is 13.4. The number of hydrogen-bond acceptors (Lipinski definition) is 4. The third-order valence-electron chi connectivity index (χ3n) is 4.07. The number of amides is 2. The summed E-state index contributed by atoms with van der Waals surface area (Å²) in [7, 11) is 0. The van der Waals surface area contributed by atoms with Crippen molar-refractivity contribution in [1.82, 2.24) is 10.7 Å². The van der Waals surface area contributed by atoms with Crippen LogP contribution in [0, 0.1) is 5.92 Å². The second kappa shape index (κ2) is 11.2. The lowest BCUT2D eigenvalue weighted by molar-refractivity contribution is -0.123. The van der Waals surface area contributed by atoms with Gasteiger partial charge in [0.2, 0.25) is 0 Å². The molecule has 0 spiro atoms. The zero-order valence-corrected chi connectivity index (χ0v) is 17.6. The van der Waals surface area contributed by atoms with Crippen LogP contribution in [0.25, 0.3) is 0 Å². The van der Waals surface area contributed by atoms with E-state index in [4.69, 9.17) is 16.3 Å². The van der Waals surface area contributed by atoms with Crippen LogP contribution in [-0.4, -0.2) is 30.7 Å². The molecule has 0 bridgehead atoms. The van der Waals surface area contributed by atoms with Crippen LogP contribution in [0.5, 0.6) is 5.75 Å². The largest absolute Gasteiger partial charge is 0.494 e. The molecule has 0 saturated heterocycles. The fourth-order valence-corrected chi connectivity index (χ4v) is 2.77. The third kappa shape index (κ3) is 6.91. The normalized spacial score (nSPS) is 12.0. The molecule has 0 radical (unpaired) electrons. The van der Waals surface area contributed by atoms with Crippen LogP contribution in [0.15, 0.2) is 53.6 Å². The van der Waals surface area contributed by atoms with E-state index in [0.29, 0.717) is 17.2 Å². The summed E-state index contributed by atoms with van der Waals surface area (Å²) < 4.78 is 5.58. The van der Waals surface area contributed by atoms with E-state index >= 15 is 0 Å². The van der Waals surface area contributed by atoms with Gasteiger partial charge >= 0.3 is 0 Å². The molecule has 154 valence electrons. The van der Waals surface area contributed by atoms with E-state index in [1.165, 1.54) is 6.21 Å². The van der Waals surface area contributed by atoms with Crippen molar-refractivity contribution in [2.24, 2.45) is 11.0 Å². The van der Waals surface area contributed by atoms with E-state index in [0.717, 1.165) is 17.7 Å². The monoisotopic (exact) mass is 415 g/mol. The number of hydrazone groups is 1. The molecule has 0 aromatic heterocycles. The fourth-order valence-electron chi connectivity index (χ4n) is 2.54. The SMILES string of the molecule is CCCOc1cccc(C=NNC(=O)C(NC(=O)c2ccccc2Cl)C(C)C)c1. The molecular formula is C22H26ClN3O3. The molecule has 2 N–H and O–H groups in total. The molecule has 6 nitrogen and oxygen atoms in total. The zero-order chi connectivity index (χ0) is 21.2. The van der Waals surface area contributed by atoms with Crippen molar-refractivity contribution >= 4 is 29.6 Å². The lowest BCUT2D eigenvalue weighted by Gasteiger charge is -2.20. The highest BCUT2D eigenvalue weighted by atomic mass is 35.5. The smallest absolute Gasteiger partial charge is 0.262 e. The number of nitrogens with zero attached hydrogens (tertiary/aromatic N) is 1. The van der Waals surface area contributed by atoms with Crippen LogP contribution in [0.3, 0.4) is 0 Å². The molecule has 29 heavy (non-hydrogen) atoms. The first-order chi connectivity index (χ1) is 13.9. The van der Waals surface area contributed by atoms with Crippen LogP contribution >= 0.6 is 11.6 Å². The second-order valence-corrected chi connectivity index (χ2v) is 7.24. The Morgan fingerprint density at radius 2 is 1.93 bits per heavy atom. The summed E-state index contributed by atoms with van der Waals surface area (Å²) in [6.07, 6.45) is 2.45. The minimum absolute atomic E-state index is 0.137. The maximum Gasteiger partial charge on any atom is 0.262 e. The number of rotatable bonds is 9. The molecule has 2 aromatic carbocycles. The van der Waals surface area contributed by atoms with Crippen LogP contribution in [0.1, 0.15) is 43.1 Å². The maximum atomic E-state index is 12.5. The fraction of sp³-hybridized carbons (Fsp3) is 0.318. The van der Waals surface area contributed by atoms with E-state index in [-0.39, 0.29) is 5.92 Å². The lowest BCUT2D eigenvalue weighted by Crippen LogP contribution is -2.48. The van der Waals surface area contributed by atoms with E-state index < -0.39 is 17.9 Å². The first kappa shape index (κ1) is 22.4. The van der Waals surface area contributed by atoms with Gasteiger partial charge < -0.3 is 10.1 Å². The molecule has 2 amide bonds. The van der Waals surface area contributed by atoms with Gasteiger partial charge in [0, 0.05) is 0 Å².